The van der Waals surface area contributed by atoms with E-state index in [0.717, 1.165) is 29.2 Å². The molecule has 1 heterocycles. The van der Waals surface area contributed by atoms with Crippen LogP contribution < -0.4 is 15.2 Å². The zero-order valence-corrected chi connectivity index (χ0v) is 11.8. The fourth-order valence-corrected chi connectivity index (χ4v) is 2.47. The molecule has 5 nitrogen and oxygen atoms in total. The van der Waals surface area contributed by atoms with Gasteiger partial charge in [0, 0.05) is 11.3 Å². The normalized spacial score (nSPS) is 14.3. The molecule has 0 bridgehead atoms. The van der Waals surface area contributed by atoms with Crippen molar-refractivity contribution in [2.75, 3.05) is 20.0 Å². The minimum absolute atomic E-state index is 0.535. The number of ether oxygens (including phenoxy) is 2. The Hall–Kier alpha value is -2.17. The SMILES string of the molecule is COc1ccc(-c2c(N)n[nH]c2CC2CC2)cc1OC. The Labute approximate surface area is 118 Å². The molecule has 3 N–H and O–H groups in total. The molecule has 1 saturated carbocycles. The van der Waals surface area contributed by atoms with E-state index in [4.69, 9.17) is 15.2 Å². The van der Waals surface area contributed by atoms with E-state index in [1.807, 2.05) is 18.2 Å². The van der Waals surface area contributed by atoms with Crippen LogP contribution in [0.25, 0.3) is 11.1 Å². The molecule has 0 radical (unpaired) electrons. The summed E-state index contributed by atoms with van der Waals surface area (Å²) in [6, 6.07) is 5.82. The number of aromatic amines is 1. The fraction of sp³-hybridized carbons (Fsp3) is 0.400. The van der Waals surface area contributed by atoms with E-state index < -0.39 is 0 Å². The zero-order chi connectivity index (χ0) is 14.1. The first-order valence-electron chi connectivity index (χ1n) is 6.78. The van der Waals surface area contributed by atoms with Gasteiger partial charge in [-0.3, -0.25) is 5.10 Å². The number of hydrogen-bond donors (Lipinski definition) is 2. The summed E-state index contributed by atoms with van der Waals surface area (Å²) in [6.45, 7) is 0. The maximum absolute atomic E-state index is 6.02. The van der Waals surface area contributed by atoms with E-state index in [1.165, 1.54) is 12.8 Å². The quantitative estimate of drug-likeness (QED) is 0.878. The van der Waals surface area contributed by atoms with Crippen molar-refractivity contribution in [1.82, 2.24) is 10.2 Å². The standard InChI is InChI=1S/C15H19N3O2/c1-19-12-6-5-10(8-13(12)20-2)14-11(7-9-3-4-9)17-18-15(14)16/h5-6,8-9H,3-4,7H2,1-2H3,(H3,16,17,18). The Morgan fingerprint density at radius 1 is 1.25 bits per heavy atom. The molecular formula is C15H19N3O2. The monoisotopic (exact) mass is 273 g/mol. The van der Waals surface area contributed by atoms with Gasteiger partial charge < -0.3 is 15.2 Å². The average molecular weight is 273 g/mol. The first kappa shape index (κ1) is 12.8. The topological polar surface area (TPSA) is 73.2 Å². The van der Waals surface area contributed by atoms with Gasteiger partial charge in [0.1, 0.15) is 0 Å². The van der Waals surface area contributed by atoms with Crippen molar-refractivity contribution >= 4 is 5.82 Å². The molecule has 1 fully saturated rings. The Bertz CT molecular complexity index is 618. The molecule has 1 aliphatic rings. The fourth-order valence-electron chi connectivity index (χ4n) is 2.47. The van der Waals surface area contributed by atoms with Crippen LogP contribution >= 0.6 is 0 Å². The van der Waals surface area contributed by atoms with Crippen LogP contribution in [0.1, 0.15) is 18.5 Å². The van der Waals surface area contributed by atoms with Crippen LogP contribution in [0, 0.1) is 5.92 Å². The third-order valence-electron chi connectivity index (χ3n) is 3.73. The Morgan fingerprint density at radius 3 is 2.65 bits per heavy atom. The number of benzene rings is 1. The lowest BCUT2D eigenvalue weighted by molar-refractivity contribution is 0.355. The van der Waals surface area contributed by atoms with Gasteiger partial charge in [-0.15, -0.1) is 0 Å². The number of methoxy groups -OCH3 is 2. The van der Waals surface area contributed by atoms with E-state index in [1.54, 1.807) is 14.2 Å². The third kappa shape index (κ3) is 2.31. The van der Waals surface area contributed by atoms with Crippen LogP contribution in [0.3, 0.4) is 0 Å². The Kier molecular flexibility index (Phi) is 3.26. The van der Waals surface area contributed by atoms with E-state index >= 15 is 0 Å². The average Bonchev–Trinajstić information content (AvgIpc) is 3.21. The van der Waals surface area contributed by atoms with Crippen molar-refractivity contribution in [3.05, 3.63) is 23.9 Å². The minimum Gasteiger partial charge on any atom is -0.493 e. The second kappa shape index (κ2) is 5.07. The predicted octanol–water partition coefficient (Wildman–Crippen LogP) is 2.63. The maximum Gasteiger partial charge on any atom is 0.161 e. The first-order chi connectivity index (χ1) is 9.72. The summed E-state index contributed by atoms with van der Waals surface area (Å²) < 4.78 is 10.6. The van der Waals surface area contributed by atoms with Gasteiger partial charge in [0.15, 0.2) is 17.3 Å². The van der Waals surface area contributed by atoms with Crippen LogP contribution in [0.4, 0.5) is 5.82 Å². The molecule has 20 heavy (non-hydrogen) atoms. The number of nitrogens with zero attached hydrogens (tertiary/aromatic N) is 1. The van der Waals surface area contributed by atoms with Gasteiger partial charge in [0.2, 0.25) is 0 Å². The van der Waals surface area contributed by atoms with Crippen molar-refractivity contribution in [3.63, 3.8) is 0 Å². The van der Waals surface area contributed by atoms with E-state index in [0.29, 0.717) is 17.3 Å². The zero-order valence-electron chi connectivity index (χ0n) is 11.8. The second-order valence-electron chi connectivity index (χ2n) is 5.18. The van der Waals surface area contributed by atoms with Gasteiger partial charge in [0.25, 0.3) is 0 Å². The molecule has 1 aromatic heterocycles. The van der Waals surface area contributed by atoms with Crippen molar-refractivity contribution in [2.45, 2.75) is 19.3 Å². The summed E-state index contributed by atoms with van der Waals surface area (Å²) in [6.07, 6.45) is 3.60. The molecule has 0 aliphatic heterocycles. The molecule has 2 aromatic rings. The number of nitrogen functional groups attached to an aromatic ring is 1. The van der Waals surface area contributed by atoms with Gasteiger partial charge in [-0.05, 0) is 42.9 Å². The molecule has 3 rings (SSSR count). The van der Waals surface area contributed by atoms with Crippen LogP contribution in [0.5, 0.6) is 11.5 Å². The van der Waals surface area contributed by atoms with Crippen LogP contribution in [0.2, 0.25) is 0 Å². The summed E-state index contributed by atoms with van der Waals surface area (Å²) in [5.74, 6) is 2.71. The molecule has 106 valence electrons. The highest BCUT2D eigenvalue weighted by Gasteiger charge is 2.25. The van der Waals surface area contributed by atoms with E-state index in [9.17, 15) is 0 Å². The van der Waals surface area contributed by atoms with Gasteiger partial charge in [0.05, 0.1) is 14.2 Å². The first-order valence-corrected chi connectivity index (χ1v) is 6.78. The maximum atomic E-state index is 6.02. The summed E-state index contributed by atoms with van der Waals surface area (Å²) in [7, 11) is 3.26. The molecule has 5 heteroatoms. The molecule has 0 spiro atoms. The van der Waals surface area contributed by atoms with Gasteiger partial charge in [-0.25, -0.2) is 0 Å². The molecule has 1 aromatic carbocycles. The second-order valence-corrected chi connectivity index (χ2v) is 5.18. The number of nitrogens with two attached hydrogens (primary N) is 1. The molecular weight excluding hydrogens is 254 g/mol. The summed E-state index contributed by atoms with van der Waals surface area (Å²) in [5, 5.41) is 7.22. The lowest BCUT2D eigenvalue weighted by atomic mass is 10.0. The molecule has 1 aliphatic carbocycles. The van der Waals surface area contributed by atoms with Crippen LogP contribution in [-0.4, -0.2) is 24.4 Å². The van der Waals surface area contributed by atoms with Crippen molar-refractivity contribution in [3.8, 4) is 22.6 Å². The molecule has 0 atom stereocenters. The highest BCUT2D eigenvalue weighted by molar-refractivity contribution is 5.78. The van der Waals surface area contributed by atoms with Crippen molar-refractivity contribution in [1.29, 1.82) is 0 Å². The molecule has 0 unspecified atom stereocenters. The van der Waals surface area contributed by atoms with Gasteiger partial charge >= 0.3 is 0 Å². The number of rotatable bonds is 5. The smallest absolute Gasteiger partial charge is 0.161 e. The van der Waals surface area contributed by atoms with Gasteiger partial charge in [-0.1, -0.05) is 6.07 Å². The lowest BCUT2D eigenvalue weighted by Gasteiger charge is -2.10. The van der Waals surface area contributed by atoms with Crippen molar-refractivity contribution < 1.29 is 9.47 Å². The Balaban J connectivity index is 2.01. The summed E-state index contributed by atoms with van der Waals surface area (Å²) >= 11 is 0. The molecule has 0 amide bonds. The third-order valence-corrected chi connectivity index (χ3v) is 3.73. The number of nitrogens with one attached hydrogen (secondary N) is 1. The highest BCUT2D eigenvalue weighted by Crippen LogP contribution is 2.39. The summed E-state index contributed by atoms with van der Waals surface area (Å²) in [5.41, 5.74) is 9.11. The number of H-pyrrole nitrogens is 1. The number of aromatic nitrogens is 2. The number of hydrogen-bond acceptors (Lipinski definition) is 4. The minimum atomic E-state index is 0.535. The van der Waals surface area contributed by atoms with Crippen molar-refractivity contribution in [2.24, 2.45) is 5.92 Å². The highest BCUT2D eigenvalue weighted by atomic mass is 16.5. The lowest BCUT2D eigenvalue weighted by Crippen LogP contribution is -1.95. The summed E-state index contributed by atoms with van der Waals surface area (Å²) in [4.78, 5) is 0. The van der Waals surface area contributed by atoms with Crippen LogP contribution in [-0.2, 0) is 6.42 Å². The Morgan fingerprint density at radius 2 is 2.00 bits per heavy atom. The van der Waals surface area contributed by atoms with Crippen LogP contribution in [0.15, 0.2) is 18.2 Å². The van der Waals surface area contributed by atoms with Gasteiger partial charge in [-0.2, -0.15) is 5.10 Å². The van der Waals surface area contributed by atoms with E-state index in [2.05, 4.69) is 10.2 Å². The largest absolute Gasteiger partial charge is 0.493 e. The predicted molar refractivity (Wildman–Crippen MR) is 78.0 cm³/mol. The number of anilines is 1. The van der Waals surface area contributed by atoms with E-state index in [-0.39, 0.29) is 0 Å². The molecule has 0 saturated heterocycles.